The van der Waals surface area contributed by atoms with Crippen molar-refractivity contribution in [3.8, 4) is 0 Å². The lowest BCUT2D eigenvalue weighted by atomic mass is 10.2. The van der Waals surface area contributed by atoms with E-state index >= 15 is 0 Å². The molecule has 0 radical (unpaired) electrons. The van der Waals surface area contributed by atoms with E-state index in [1.54, 1.807) is 13.1 Å². The molecular weight excluding hydrogens is 423 g/mol. The Morgan fingerprint density at radius 2 is 2.16 bits per heavy atom. The molecule has 1 aliphatic rings. The van der Waals surface area contributed by atoms with E-state index in [1.165, 1.54) is 21.9 Å². The number of aliphatic hydroxyl groups is 1. The second-order valence-electron chi connectivity index (χ2n) is 6.11. The van der Waals surface area contributed by atoms with Crippen LogP contribution in [0.15, 0.2) is 18.2 Å². The summed E-state index contributed by atoms with van der Waals surface area (Å²) in [4.78, 5) is 34.4. The Labute approximate surface area is 176 Å². The van der Waals surface area contributed by atoms with Gasteiger partial charge in [-0.05, 0) is 25.2 Å². The van der Waals surface area contributed by atoms with Gasteiger partial charge in [-0.15, -0.1) is 0 Å². The van der Waals surface area contributed by atoms with Crippen LogP contribution in [-0.4, -0.2) is 82.1 Å². The summed E-state index contributed by atoms with van der Waals surface area (Å²) in [5.74, 6) is -1.15. The van der Waals surface area contributed by atoms with Crippen LogP contribution in [0.3, 0.4) is 0 Å². The lowest BCUT2D eigenvalue weighted by Crippen LogP contribution is -2.35. The minimum absolute atomic E-state index is 0.139. The van der Waals surface area contributed by atoms with Gasteiger partial charge in [0.1, 0.15) is 18.5 Å². The van der Waals surface area contributed by atoms with E-state index in [-0.39, 0.29) is 24.9 Å². The van der Waals surface area contributed by atoms with Crippen molar-refractivity contribution >= 4 is 36.0 Å². The largest absolute Gasteiger partial charge is 0.443 e. The highest BCUT2D eigenvalue weighted by Gasteiger charge is 2.32. The number of rotatable bonds is 10. The van der Waals surface area contributed by atoms with E-state index in [0.717, 1.165) is 6.34 Å². The Balaban J connectivity index is 0.000000861. The van der Waals surface area contributed by atoms with Crippen molar-refractivity contribution in [1.29, 1.82) is 5.41 Å². The maximum absolute atomic E-state index is 14.5. The fraction of sp³-hybridized carbons (Fsp3) is 0.444. The molecule has 1 aromatic carbocycles. The smallest absolute Gasteiger partial charge is 0.414 e. The Morgan fingerprint density at radius 1 is 1.48 bits per heavy atom. The van der Waals surface area contributed by atoms with E-state index in [2.05, 4.69) is 10.6 Å². The zero-order valence-electron chi connectivity index (χ0n) is 16.7. The summed E-state index contributed by atoms with van der Waals surface area (Å²) in [7, 11) is 1.75. The van der Waals surface area contributed by atoms with Gasteiger partial charge >= 0.3 is 6.09 Å². The molecule has 13 heteroatoms. The fourth-order valence-corrected chi connectivity index (χ4v) is 2.59. The first-order valence-electron chi connectivity index (χ1n) is 9.07. The number of aldehydes is 1. The van der Waals surface area contributed by atoms with Crippen molar-refractivity contribution in [2.24, 2.45) is 0 Å². The fourth-order valence-electron chi connectivity index (χ4n) is 2.59. The molecule has 1 aromatic rings. The second kappa shape index (κ2) is 13.2. The third-order valence-electron chi connectivity index (χ3n) is 3.94. The summed E-state index contributed by atoms with van der Waals surface area (Å²) in [5, 5.41) is 21.4. The Bertz CT molecular complexity index is 768. The molecule has 10 nitrogen and oxygen atoms in total. The van der Waals surface area contributed by atoms with E-state index in [0.29, 0.717) is 18.8 Å². The highest BCUT2D eigenvalue weighted by molar-refractivity contribution is 5.90. The first kappa shape index (κ1) is 25.8. The molecular formula is C18H24F3N5O5. The number of hydrogen-bond acceptors (Lipinski definition) is 7. The molecule has 0 saturated carbocycles. The van der Waals surface area contributed by atoms with Gasteiger partial charge in [-0.1, -0.05) is 0 Å². The number of alkyl halides is 2. The molecule has 2 rings (SSSR count). The van der Waals surface area contributed by atoms with Gasteiger partial charge in [0.2, 0.25) is 5.91 Å². The number of nitrogens with zero attached hydrogens (tertiary/aromatic N) is 2. The molecule has 172 valence electrons. The molecule has 1 atom stereocenters. The van der Waals surface area contributed by atoms with Crippen LogP contribution in [-0.2, 0) is 14.3 Å². The average molecular weight is 447 g/mol. The number of cyclic esters (lactones) is 1. The Hall–Kier alpha value is -3.19. The number of hydrogen-bond donors (Lipinski definition) is 4. The number of amides is 2. The highest BCUT2D eigenvalue weighted by Crippen LogP contribution is 2.27. The van der Waals surface area contributed by atoms with E-state index in [1.807, 2.05) is 0 Å². The molecule has 1 fully saturated rings. The molecule has 1 aliphatic heterocycles. The molecule has 0 bridgehead atoms. The van der Waals surface area contributed by atoms with Gasteiger partial charge < -0.3 is 25.4 Å². The summed E-state index contributed by atoms with van der Waals surface area (Å²) in [6.45, 7) is 0.486. The first-order valence-corrected chi connectivity index (χ1v) is 9.07. The summed E-state index contributed by atoms with van der Waals surface area (Å²) >= 11 is 0. The molecule has 2 amide bonds. The predicted molar refractivity (Wildman–Crippen MR) is 106 cm³/mol. The molecule has 1 saturated heterocycles. The van der Waals surface area contributed by atoms with Gasteiger partial charge in [0.05, 0.1) is 24.3 Å². The van der Waals surface area contributed by atoms with Crippen molar-refractivity contribution in [2.45, 2.75) is 12.5 Å². The molecule has 1 unspecified atom stereocenters. The van der Waals surface area contributed by atoms with E-state index in [9.17, 15) is 22.8 Å². The van der Waals surface area contributed by atoms with Crippen LogP contribution in [0.2, 0.25) is 0 Å². The standard InChI is InChI=1S/C16H22FN5O4.C2H2F2O/c1-19-7-12-8-22(16(25)26-12)11-2-3-14(13(17)6-11)21(10-18)5-4-20-15(24)9-23;3-2(4)1-5/h2-3,6,10,12,18-19,23H,4-5,7-9H2,1H3,(H,20,24);1-2H. The zero-order valence-corrected chi connectivity index (χ0v) is 16.7. The topological polar surface area (TPSA) is 135 Å². The lowest BCUT2D eigenvalue weighted by molar-refractivity contribution is -0.123. The number of aliphatic hydroxyl groups excluding tert-OH is 1. The number of carbonyl (C=O) groups is 3. The molecule has 4 N–H and O–H groups in total. The maximum Gasteiger partial charge on any atom is 0.414 e. The summed E-state index contributed by atoms with van der Waals surface area (Å²) < 4.78 is 40.5. The van der Waals surface area contributed by atoms with Crippen LogP contribution in [0, 0.1) is 11.2 Å². The number of anilines is 2. The second-order valence-corrected chi connectivity index (χ2v) is 6.11. The van der Waals surface area contributed by atoms with Crippen LogP contribution in [0.1, 0.15) is 0 Å². The molecule has 31 heavy (non-hydrogen) atoms. The zero-order chi connectivity index (χ0) is 23.4. The van der Waals surface area contributed by atoms with Crippen molar-refractivity contribution in [1.82, 2.24) is 10.6 Å². The van der Waals surface area contributed by atoms with Crippen LogP contribution in [0.5, 0.6) is 0 Å². The molecule has 0 aliphatic carbocycles. The normalized spacial score (nSPS) is 15.1. The van der Waals surface area contributed by atoms with Crippen LogP contribution < -0.4 is 20.4 Å². The first-order chi connectivity index (χ1) is 14.8. The number of carbonyl (C=O) groups excluding carboxylic acids is 3. The Kier molecular flexibility index (Phi) is 11.0. The van der Waals surface area contributed by atoms with Gasteiger partial charge in [-0.3, -0.25) is 19.9 Å². The quantitative estimate of drug-likeness (QED) is 0.231. The Morgan fingerprint density at radius 3 is 2.68 bits per heavy atom. The van der Waals surface area contributed by atoms with Crippen LogP contribution in [0.4, 0.5) is 29.3 Å². The third kappa shape index (κ3) is 8.22. The van der Waals surface area contributed by atoms with E-state index < -0.39 is 37.1 Å². The average Bonchev–Trinajstić information content (AvgIpc) is 3.12. The predicted octanol–water partition coefficient (Wildman–Crippen LogP) is 0.343. The van der Waals surface area contributed by atoms with Crippen molar-refractivity contribution in [2.75, 3.05) is 49.6 Å². The highest BCUT2D eigenvalue weighted by atomic mass is 19.3. The minimum Gasteiger partial charge on any atom is -0.443 e. The van der Waals surface area contributed by atoms with E-state index in [4.69, 9.17) is 20.0 Å². The van der Waals surface area contributed by atoms with Crippen molar-refractivity contribution in [3.05, 3.63) is 24.0 Å². The van der Waals surface area contributed by atoms with Crippen molar-refractivity contribution < 1.29 is 37.4 Å². The van der Waals surface area contributed by atoms with Crippen LogP contribution >= 0.6 is 0 Å². The van der Waals surface area contributed by atoms with Gasteiger partial charge in [0, 0.05) is 19.6 Å². The number of likely N-dealkylation sites (N-methyl/N-ethyl adjacent to an activating group) is 1. The monoisotopic (exact) mass is 447 g/mol. The van der Waals surface area contributed by atoms with Gasteiger partial charge in [0.15, 0.2) is 6.29 Å². The lowest BCUT2D eigenvalue weighted by Gasteiger charge is -2.21. The summed E-state index contributed by atoms with van der Waals surface area (Å²) in [6.07, 6.45) is -3.11. The number of nitrogens with one attached hydrogen (secondary N) is 3. The van der Waals surface area contributed by atoms with Gasteiger partial charge in [-0.2, -0.15) is 0 Å². The van der Waals surface area contributed by atoms with Gasteiger partial charge in [-0.25, -0.2) is 18.0 Å². The maximum atomic E-state index is 14.5. The van der Waals surface area contributed by atoms with Crippen LogP contribution in [0.25, 0.3) is 0 Å². The number of benzene rings is 1. The number of ether oxygens (including phenoxy) is 1. The third-order valence-corrected chi connectivity index (χ3v) is 3.94. The summed E-state index contributed by atoms with van der Waals surface area (Å²) in [5.41, 5.74) is 0.509. The number of halogens is 3. The molecule has 0 aromatic heterocycles. The van der Waals surface area contributed by atoms with Crippen molar-refractivity contribution in [3.63, 3.8) is 0 Å². The minimum atomic E-state index is -2.80. The van der Waals surface area contributed by atoms with Gasteiger partial charge in [0.25, 0.3) is 6.43 Å². The SMILES string of the molecule is CNCC1CN(c2ccc(N(C=N)CCNC(=O)CO)c(F)c2)C(=O)O1.O=CC(F)F. The summed E-state index contributed by atoms with van der Waals surface area (Å²) in [6, 6.07) is 4.24. The molecule has 0 spiro atoms. The molecule has 1 heterocycles.